The minimum atomic E-state index is -3.36. The Morgan fingerprint density at radius 2 is 1.79 bits per heavy atom. The summed E-state index contributed by atoms with van der Waals surface area (Å²) < 4.78 is 51.6. The van der Waals surface area contributed by atoms with Crippen LogP contribution < -0.4 is 5.73 Å². The third-order valence-corrected chi connectivity index (χ3v) is 12.5. The van der Waals surface area contributed by atoms with E-state index in [0.29, 0.717) is 55.0 Å². The maximum atomic E-state index is 12.7. The molecule has 0 aliphatic carbocycles. The van der Waals surface area contributed by atoms with Crippen LogP contribution in [0.1, 0.15) is 46.5 Å². The van der Waals surface area contributed by atoms with E-state index in [0.717, 1.165) is 27.0 Å². The molecule has 224 valence electrons. The molecule has 1 aliphatic heterocycles. The lowest BCUT2D eigenvalue weighted by atomic mass is 9.88. The predicted molar refractivity (Wildman–Crippen MR) is 168 cm³/mol. The first-order chi connectivity index (χ1) is 20.0. The molecule has 2 aromatic carbocycles. The van der Waals surface area contributed by atoms with Gasteiger partial charge in [-0.3, -0.25) is 4.79 Å². The number of piperidine rings is 1. The van der Waals surface area contributed by atoms with E-state index in [-0.39, 0.29) is 17.4 Å². The summed E-state index contributed by atoms with van der Waals surface area (Å²) in [6.07, 6.45) is 3.33. The molecule has 1 saturated heterocycles. The molecule has 3 N–H and O–H groups in total. The van der Waals surface area contributed by atoms with Gasteiger partial charge in [-0.05, 0) is 85.1 Å². The molecule has 3 heterocycles. The molecule has 0 atom stereocenters. The summed E-state index contributed by atoms with van der Waals surface area (Å²) in [5.74, 6) is -0.226. The number of nitrogens with zero attached hydrogens (tertiary/aromatic N) is 2. The summed E-state index contributed by atoms with van der Waals surface area (Å²) >= 11 is 1.58. The summed E-state index contributed by atoms with van der Waals surface area (Å²) in [5, 5.41) is 2.96. The Balaban J connectivity index is 1.33. The second kappa shape index (κ2) is 12.3. The van der Waals surface area contributed by atoms with Gasteiger partial charge in [0.2, 0.25) is 10.0 Å². The number of sulfonamides is 1. The van der Waals surface area contributed by atoms with Gasteiger partial charge in [-0.1, -0.05) is 18.2 Å². The molecule has 9 nitrogen and oxygen atoms in total. The molecule has 0 saturated carbocycles. The van der Waals surface area contributed by atoms with E-state index in [2.05, 4.69) is 17.1 Å². The topological polar surface area (TPSA) is 134 Å². The van der Waals surface area contributed by atoms with Crippen LogP contribution in [0.4, 0.5) is 0 Å². The van der Waals surface area contributed by atoms with Crippen molar-refractivity contribution in [3.05, 3.63) is 76.1 Å². The first-order valence-corrected chi connectivity index (χ1v) is 18.1. The van der Waals surface area contributed by atoms with Crippen molar-refractivity contribution in [1.82, 2.24) is 14.2 Å². The van der Waals surface area contributed by atoms with Crippen LogP contribution in [0.25, 0.3) is 22.0 Å². The van der Waals surface area contributed by atoms with Gasteiger partial charge in [0.25, 0.3) is 5.91 Å². The lowest BCUT2D eigenvalue weighted by molar-refractivity contribution is 0.100. The van der Waals surface area contributed by atoms with Crippen LogP contribution in [-0.2, 0) is 26.4 Å². The molecule has 2 aromatic heterocycles. The van der Waals surface area contributed by atoms with Crippen molar-refractivity contribution in [2.75, 3.05) is 38.2 Å². The summed E-state index contributed by atoms with van der Waals surface area (Å²) in [4.78, 5) is 19.1. The van der Waals surface area contributed by atoms with E-state index < -0.39 is 25.8 Å². The second-order valence-electron chi connectivity index (χ2n) is 10.8. The van der Waals surface area contributed by atoms with Crippen LogP contribution in [0.5, 0.6) is 0 Å². The number of amides is 1. The molecule has 42 heavy (non-hydrogen) atoms. The number of aromatic amines is 1. The molecule has 0 radical (unpaired) electrons. The number of benzene rings is 2. The number of H-pyrrole nitrogens is 1. The number of carbonyl (C=O) groups is 1. The van der Waals surface area contributed by atoms with Crippen LogP contribution in [-0.4, -0.2) is 75.1 Å². The number of nitrogens with two attached hydrogens (primary N) is 1. The monoisotopic (exact) mass is 628 g/mol. The number of thiophene rings is 1. The molecule has 12 heteroatoms. The van der Waals surface area contributed by atoms with Gasteiger partial charge in [0, 0.05) is 42.6 Å². The van der Waals surface area contributed by atoms with Gasteiger partial charge in [-0.25, -0.2) is 21.1 Å². The lowest BCUT2D eigenvalue weighted by Crippen LogP contribution is -2.38. The van der Waals surface area contributed by atoms with Crippen LogP contribution in [0.2, 0.25) is 0 Å². The van der Waals surface area contributed by atoms with E-state index in [4.69, 9.17) is 5.73 Å². The fraction of sp³-hybridized carbons (Fsp3) is 0.367. The molecule has 1 amide bonds. The number of fused-ring (bicyclic) bond motifs is 1. The van der Waals surface area contributed by atoms with Gasteiger partial charge in [0.05, 0.1) is 27.5 Å². The first-order valence-electron chi connectivity index (χ1n) is 14.0. The second-order valence-corrected chi connectivity index (χ2v) is 16.2. The maximum Gasteiger partial charge on any atom is 0.250 e. The molecule has 4 aromatic rings. The van der Waals surface area contributed by atoms with Gasteiger partial charge in [-0.2, -0.15) is 0 Å². The van der Waals surface area contributed by atoms with Crippen molar-refractivity contribution >= 4 is 48.0 Å². The fourth-order valence-corrected chi connectivity index (χ4v) is 9.03. The molecule has 0 unspecified atom stereocenters. The van der Waals surface area contributed by atoms with Crippen LogP contribution in [0.3, 0.4) is 0 Å². The molecule has 1 fully saturated rings. The Labute approximate surface area is 251 Å². The Morgan fingerprint density at radius 1 is 1.07 bits per heavy atom. The van der Waals surface area contributed by atoms with Crippen LogP contribution in [0.15, 0.2) is 65.0 Å². The minimum Gasteiger partial charge on any atom is -0.366 e. The lowest BCUT2D eigenvalue weighted by Gasteiger charge is -2.31. The third kappa shape index (κ3) is 6.47. The smallest absolute Gasteiger partial charge is 0.250 e. The highest BCUT2D eigenvalue weighted by atomic mass is 32.2. The molecule has 0 bridgehead atoms. The van der Waals surface area contributed by atoms with Crippen molar-refractivity contribution < 1.29 is 21.6 Å². The summed E-state index contributed by atoms with van der Waals surface area (Å²) in [5.41, 5.74) is 9.80. The highest BCUT2D eigenvalue weighted by Gasteiger charge is 2.29. The van der Waals surface area contributed by atoms with Crippen molar-refractivity contribution in [3.8, 4) is 11.1 Å². The zero-order chi connectivity index (χ0) is 30.1. The van der Waals surface area contributed by atoms with Crippen molar-refractivity contribution in [2.45, 2.75) is 37.1 Å². The van der Waals surface area contributed by atoms with E-state index in [1.807, 2.05) is 29.6 Å². The number of hydrogen-bond acceptors (Lipinski definition) is 7. The Morgan fingerprint density at radius 3 is 2.45 bits per heavy atom. The highest BCUT2D eigenvalue weighted by molar-refractivity contribution is 7.91. The van der Waals surface area contributed by atoms with Crippen LogP contribution in [0, 0.1) is 0 Å². The molecule has 1 aliphatic rings. The first kappa shape index (κ1) is 30.4. The normalized spacial score (nSPS) is 15.5. The van der Waals surface area contributed by atoms with Gasteiger partial charge in [0.1, 0.15) is 0 Å². The SMILES string of the molecule is CCS(=O)(=O)N1CCC(c2c[nH]c3c(C(N)=O)cc(-c4csc(CN(C)CCS(=O)(=O)c5ccccc5)c4)cc23)CC1. The highest BCUT2D eigenvalue weighted by Crippen LogP contribution is 2.38. The van der Waals surface area contributed by atoms with Gasteiger partial charge in [-0.15, -0.1) is 11.3 Å². The van der Waals surface area contributed by atoms with E-state index >= 15 is 0 Å². The number of sulfone groups is 1. The van der Waals surface area contributed by atoms with Gasteiger partial charge < -0.3 is 15.6 Å². The van der Waals surface area contributed by atoms with E-state index in [1.54, 1.807) is 52.9 Å². The quantitative estimate of drug-likeness (QED) is 0.253. The molecular weight excluding hydrogens is 593 g/mol. The number of aromatic nitrogens is 1. The summed E-state index contributed by atoms with van der Waals surface area (Å²) in [6, 6.07) is 14.4. The zero-order valence-corrected chi connectivity index (χ0v) is 26.2. The summed E-state index contributed by atoms with van der Waals surface area (Å²) in [6.45, 7) is 3.61. The number of rotatable bonds is 11. The number of nitrogens with one attached hydrogen (secondary N) is 1. The number of hydrogen-bond donors (Lipinski definition) is 2. The molecule has 5 rings (SSSR count). The Kier molecular flexibility index (Phi) is 8.91. The van der Waals surface area contributed by atoms with Gasteiger partial charge in [0.15, 0.2) is 9.84 Å². The van der Waals surface area contributed by atoms with Gasteiger partial charge >= 0.3 is 0 Å². The van der Waals surface area contributed by atoms with Crippen molar-refractivity contribution in [2.24, 2.45) is 5.73 Å². The third-order valence-electron chi connectivity index (χ3n) is 8.00. The van der Waals surface area contributed by atoms with Crippen molar-refractivity contribution in [1.29, 1.82) is 0 Å². The number of primary amides is 1. The van der Waals surface area contributed by atoms with Crippen LogP contribution >= 0.6 is 11.3 Å². The Bertz CT molecular complexity index is 1790. The van der Waals surface area contributed by atoms with E-state index in [1.165, 1.54) is 0 Å². The number of carbonyl (C=O) groups excluding carboxylic acids is 1. The average molecular weight is 629 g/mol. The maximum absolute atomic E-state index is 12.7. The minimum absolute atomic E-state index is 0.0317. The van der Waals surface area contributed by atoms with Crippen molar-refractivity contribution in [3.63, 3.8) is 0 Å². The largest absolute Gasteiger partial charge is 0.366 e. The van der Waals surface area contributed by atoms with E-state index in [9.17, 15) is 21.6 Å². The average Bonchev–Trinajstić information content (AvgIpc) is 3.63. The molecule has 0 spiro atoms. The standard InChI is InChI=1S/C30H36N4O5S3/c1-3-42(38,39)34-11-9-21(10-12-34)28-18-32-29-26(28)16-22(17-27(29)30(31)35)23-15-24(40-20-23)19-33(2)13-14-41(36,37)25-7-5-4-6-8-25/h4-8,15-18,20-21,32H,3,9-14,19H2,1-2H3,(H2,31,35). The predicted octanol–water partition coefficient (Wildman–Crippen LogP) is 4.43. The summed E-state index contributed by atoms with van der Waals surface area (Å²) in [7, 11) is -4.67. The zero-order valence-electron chi connectivity index (χ0n) is 23.7. The molecular formula is C30H36N4O5S3. The Hall–Kier alpha value is -3.03. The fourth-order valence-electron chi connectivity index (χ4n) is 5.56.